The SMILES string of the molecule is COC(=O)C1=C2Nc3ccccc3[C@@]23CCN2C(=O)[C@]4(C[C@@H]5C[C@]67CCO[C@H]6CCN6CC[C@@]8(c9cccc(OC)c9N(C4)[C@@]58O)[C@@H]67)[C@@H]4OCC[C@]4(C1)[C@H]23. The summed E-state index contributed by atoms with van der Waals surface area (Å²) >= 11 is 0. The maximum atomic E-state index is 16.1. The van der Waals surface area contributed by atoms with E-state index in [1.807, 2.05) is 12.1 Å². The van der Waals surface area contributed by atoms with Crippen molar-refractivity contribution in [3.05, 3.63) is 64.9 Å². The summed E-state index contributed by atoms with van der Waals surface area (Å²) in [6, 6.07) is 14.7. The molecule has 7 saturated heterocycles. The fourth-order valence-electron chi connectivity index (χ4n) is 16.5. The van der Waals surface area contributed by atoms with Crippen LogP contribution in [0.5, 0.6) is 5.75 Å². The number of rotatable bonds is 2. The molecule has 13 rings (SSSR count). The average molecular weight is 733 g/mol. The summed E-state index contributed by atoms with van der Waals surface area (Å²) in [5.74, 6) is 0.382. The summed E-state index contributed by atoms with van der Waals surface area (Å²) in [4.78, 5) is 37.2. The number of carbonyl (C=O) groups excluding carboxylic acids is 2. The molecule has 0 radical (unpaired) electrons. The lowest BCUT2D eigenvalue weighted by atomic mass is 9.43. The van der Waals surface area contributed by atoms with Gasteiger partial charge in [-0.15, -0.1) is 0 Å². The van der Waals surface area contributed by atoms with Crippen LogP contribution >= 0.6 is 0 Å². The number of ether oxygens (including phenoxy) is 4. The van der Waals surface area contributed by atoms with Crippen LogP contribution < -0.4 is 15.0 Å². The second kappa shape index (κ2) is 9.65. The van der Waals surface area contributed by atoms with Gasteiger partial charge in [0.1, 0.15) is 5.75 Å². The van der Waals surface area contributed by atoms with Gasteiger partial charge in [-0.1, -0.05) is 30.3 Å². The Bertz CT molecular complexity index is 2140. The molecule has 2 aliphatic carbocycles. The molecule has 2 N–H and O–H groups in total. The molecule has 11 nitrogen and oxygen atoms in total. The number of para-hydroxylation sites is 2. The molecule has 0 bridgehead atoms. The number of amides is 1. The summed E-state index contributed by atoms with van der Waals surface area (Å²) in [5, 5.41) is 17.7. The fourth-order valence-corrected chi connectivity index (χ4v) is 16.5. The van der Waals surface area contributed by atoms with Crippen molar-refractivity contribution in [1.82, 2.24) is 9.80 Å². The number of anilines is 2. The minimum Gasteiger partial charge on any atom is -0.495 e. The van der Waals surface area contributed by atoms with E-state index in [2.05, 4.69) is 50.3 Å². The van der Waals surface area contributed by atoms with Gasteiger partial charge in [0.25, 0.3) is 0 Å². The molecule has 0 unspecified atom stereocenters. The molecule has 1 saturated carbocycles. The molecule has 9 heterocycles. The van der Waals surface area contributed by atoms with E-state index in [9.17, 15) is 9.90 Å². The molecule has 282 valence electrons. The summed E-state index contributed by atoms with van der Waals surface area (Å²) < 4.78 is 25.5. The quantitative estimate of drug-likeness (QED) is 0.444. The summed E-state index contributed by atoms with van der Waals surface area (Å²) in [6.45, 7) is 4.12. The second-order valence-electron chi connectivity index (χ2n) is 18.8. The Morgan fingerprint density at radius 3 is 2.63 bits per heavy atom. The number of fused-ring (bicyclic) bond motifs is 4. The van der Waals surface area contributed by atoms with Crippen molar-refractivity contribution >= 4 is 23.3 Å². The maximum absolute atomic E-state index is 16.1. The number of benzene rings is 2. The Labute approximate surface area is 314 Å². The van der Waals surface area contributed by atoms with Crippen LogP contribution in [0.15, 0.2) is 53.7 Å². The third kappa shape index (κ3) is 2.96. The van der Waals surface area contributed by atoms with E-state index in [0.29, 0.717) is 38.1 Å². The molecule has 1 amide bonds. The Kier molecular flexibility index (Phi) is 5.64. The van der Waals surface area contributed by atoms with Crippen molar-refractivity contribution < 1.29 is 33.6 Å². The van der Waals surface area contributed by atoms with E-state index in [0.717, 1.165) is 86.6 Å². The van der Waals surface area contributed by atoms with Crippen molar-refractivity contribution in [2.24, 2.45) is 22.2 Å². The van der Waals surface area contributed by atoms with Gasteiger partial charge in [0.2, 0.25) is 5.91 Å². The number of aliphatic hydroxyl groups is 1. The lowest BCUT2D eigenvalue weighted by Gasteiger charge is -2.69. The number of piperidine rings is 3. The van der Waals surface area contributed by atoms with Crippen LogP contribution in [-0.2, 0) is 34.6 Å². The van der Waals surface area contributed by atoms with Crippen molar-refractivity contribution in [2.75, 3.05) is 63.8 Å². The number of nitrogens with one attached hydrogen (secondary N) is 1. The van der Waals surface area contributed by atoms with Crippen LogP contribution in [0.4, 0.5) is 11.4 Å². The average Bonchev–Trinajstić information content (AvgIpc) is 4.04. The second-order valence-corrected chi connectivity index (χ2v) is 18.8. The normalized spacial score (nSPS) is 46.6. The Balaban J connectivity index is 1.04. The number of hydrogen-bond donors (Lipinski definition) is 2. The van der Waals surface area contributed by atoms with Gasteiger partial charge in [-0.25, -0.2) is 4.79 Å². The smallest absolute Gasteiger partial charge is 0.335 e. The van der Waals surface area contributed by atoms with E-state index in [4.69, 9.17) is 18.9 Å². The molecular formula is C43H48N4O7. The molecule has 2 aromatic rings. The van der Waals surface area contributed by atoms with Crippen LogP contribution in [0.3, 0.4) is 0 Å². The van der Waals surface area contributed by atoms with E-state index >= 15 is 4.79 Å². The van der Waals surface area contributed by atoms with Gasteiger partial charge < -0.3 is 39.2 Å². The van der Waals surface area contributed by atoms with Gasteiger partial charge in [-0.3, -0.25) is 9.69 Å². The topological polar surface area (TPSA) is 113 Å². The van der Waals surface area contributed by atoms with Crippen LogP contribution in [0, 0.1) is 22.2 Å². The molecule has 8 fully saturated rings. The minimum atomic E-state index is -1.20. The van der Waals surface area contributed by atoms with Crippen LogP contribution in [-0.4, -0.2) is 110 Å². The predicted octanol–water partition coefficient (Wildman–Crippen LogP) is 3.69. The highest BCUT2D eigenvalue weighted by Crippen LogP contribution is 2.77. The number of carbonyl (C=O) groups is 2. The summed E-state index contributed by atoms with van der Waals surface area (Å²) in [7, 11) is 3.20. The van der Waals surface area contributed by atoms with E-state index in [-0.39, 0.29) is 41.4 Å². The molecular weight excluding hydrogens is 684 g/mol. The Morgan fingerprint density at radius 2 is 1.76 bits per heavy atom. The zero-order valence-electron chi connectivity index (χ0n) is 31.1. The Hall–Kier alpha value is -3.64. The van der Waals surface area contributed by atoms with Crippen LogP contribution in [0.1, 0.15) is 62.5 Å². The lowest BCUT2D eigenvalue weighted by Crippen LogP contribution is -2.82. The van der Waals surface area contributed by atoms with Crippen molar-refractivity contribution in [1.29, 1.82) is 0 Å². The fraction of sp³-hybridized carbons (Fsp3) is 0.628. The maximum Gasteiger partial charge on any atom is 0.335 e. The predicted molar refractivity (Wildman–Crippen MR) is 196 cm³/mol. The van der Waals surface area contributed by atoms with Gasteiger partial charge >= 0.3 is 5.97 Å². The zero-order valence-corrected chi connectivity index (χ0v) is 31.1. The molecule has 9 aliphatic heterocycles. The number of esters is 1. The molecule has 2 aromatic carbocycles. The van der Waals surface area contributed by atoms with Crippen molar-refractivity contribution in [3.8, 4) is 5.75 Å². The number of methoxy groups -OCH3 is 2. The number of hydrogen-bond acceptors (Lipinski definition) is 10. The van der Waals surface area contributed by atoms with Crippen molar-refractivity contribution in [2.45, 2.75) is 92.2 Å². The highest BCUT2D eigenvalue weighted by molar-refractivity contribution is 5.95. The highest BCUT2D eigenvalue weighted by Gasteiger charge is 2.84. The van der Waals surface area contributed by atoms with E-state index in [1.54, 1.807) is 7.11 Å². The van der Waals surface area contributed by atoms with Gasteiger partial charge in [0, 0.05) is 67.0 Å². The van der Waals surface area contributed by atoms with Crippen molar-refractivity contribution in [3.63, 3.8) is 0 Å². The standard InChI is InChI=1S/C43H48N4O7/c1-51-29-9-5-7-27-31(29)47-23-40(21-24-20-38-13-18-53-30(38)10-15-45-16-12-42(27,35(38)45)43(24,47)50)36-39(14-19-54-36)22-25(33(48)52-2)32-41(11-17-46(34(39)41)37(40)49)26-6-3-4-8-28(26)44-32/h3-9,24,30,34-36,44,50H,10-23H2,1-2H3/t24-,30-,34-,35-,36+,38+,39-,40-,41-,42+,43+/m0/s1. The highest BCUT2D eigenvalue weighted by atomic mass is 16.5. The molecule has 11 heteroatoms. The Morgan fingerprint density at radius 1 is 0.926 bits per heavy atom. The first-order valence-electron chi connectivity index (χ1n) is 20.4. The first-order valence-corrected chi connectivity index (χ1v) is 20.4. The molecule has 54 heavy (non-hydrogen) atoms. The lowest BCUT2D eigenvalue weighted by molar-refractivity contribution is -0.231. The van der Waals surface area contributed by atoms with Gasteiger partial charge in [-0.05, 0) is 81.2 Å². The van der Waals surface area contributed by atoms with Gasteiger partial charge in [0.15, 0.2) is 5.72 Å². The molecule has 11 atom stereocenters. The monoisotopic (exact) mass is 732 g/mol. The third-order valence-electron chi connectivity index (χ3n) is 17.6. The molecule has 5 spiro atoms. The van der Waals surface area contributed by atoms with Crippen LogP contribution in [0.2, 0.25) is 0 Å². The first kappa shape index (κ1) is 31.6. The van der Waals surface area contributed by atoms with Gasteiger partial charge in [-0.2, -0.15) is 0 Å². The van der Waals surface area contributed by atoms with E-state index < -0.39 is 33.5 Å². The van der Waals surface area contributed by atoms with E-state index in [1.165, 1.54) is 12.7 Å². The van der Waals surface area contributed by atoms with Gasteiger partial charge in [0.05, 0.1) is 60.0 Å². The zero-order chi connectivity index (χ0) is 36.2. The summed E-state index contributed by atoms with van der Waals surface area (Å²) in [5.41, 5.74) is 1.99. The number of nitrogens with zero attached hydrogens (tertiary/aromatic N) is 3. The third-order valence-corrected chi connectivity index (χ3v) is 17.6. The largest absolute Gasteiger partial charge is 0.495 e. The molecule has 11 aliphatic rings. The summed E-state index contributed by atoms with van der Waals surface area (Å²) in [6.07, 6.45) is 5.83. The minimum absolute atomic E-state index is 0.119. The van der Waals surface area contributed by atoms with Crippen LogP contribution in [0.25, 0.3) is 0 Å². The first-order chi connectivity index (χ1) is 26.2. The molecule has 0 aromatic heterocycles.